The van der Waals surface area contributed by atoms with Crippen LogP contribution in [0.4, 0.5) is 0 Å². The lowest BCUT2D eigenvalue weighted by Gasteiger charge is -2.13. The van der Waals surface area contributed by atoms with Crippen LogP contribution in [0.5, 0.6) is 5.75 Å². The Morgan fingerprint density at radius 1 is 1.14 bits per heavy atom. The van der Waals surface area contributed by atoms with Gasteiger partial charge in [-0.25, -0.2) is 0 Å². The number of hydrogen-bond donors (Lipinski definition) is 1. The van der Waals surface area contributed by atoms with Crippen molar-refractivity contribution in [3.8, 4) is 5.75 Å². The molecule has 0 bridgehead atoms. The molecule has 0 unspecified atom stereocenters. The van der Waals surface area contributed by atoms with Gasteiger partial charge in [0.15, 0.2) is 0 Å². The van der Waals surface area contributed by atoms with Crippen LogP contribution in [0, 0.1) is 6.92 Å². The molecule has 22 heavy (non-hydrogen) atoms. The minimum atomic E-state index is 0.0344. The maximum atomic E-state index is 8.82. The Bertz CT molecular complexity index is 632. The Kier molecular flexibility index (Phi) is 6.19. The monoisotopic (exact) mass is 298 g/mol. The van der Waals surface area contributed by atoms with Gasteiger partial charge < -0.3 is 14.6 Å². The Balaban J connectivity index is 2.38. The second-order valence-corrected chi connectivity index (χ2v) is 4.96. The summed E-state index contributed by atoms with van der Waals surface area (Å²) in [6, 6.07) is 16.3. The van der Waals surface area contributed by atoms with Crippen LogP contribution in [0.2, 0.25) is 0 Å². The van der Waals surface area contributed by atoms with Crippen molar-refractivity contribution in [3.63, 3.8) is 0 Å². The Labute approximate surface area is 131 Å². The summed E-state index contributed by atoms with van der Waals surface area (Å²) in [5.41, 5.74) is 4.57. The predicted octanol–water partition coefficient (Wildman–Crippen LogP) is 3.44. The maximum absolute atomic E-state index is 8.82. The summed E-state index contributed by atoms with van der Waals surface area (Å²) in [6.45, 7) is 2.93. The third kappa shape index (κ3) is 4.20. The summed E-state index contributed by atoms with van der Waals surface area (Å²) in [4.78, 5) is 0. The minimum Gasteiger partial charge on any atom is -0.497 e. The Morgan fingerprint density at radius 2 is 1.95 bits per heavy atom. The lowest BCUT2D eigenvalue weighted by Crippen LogP contribution is -2.00. The van der Waals surface area contributed by atoms with E-state index < -0.39 is 0 Å². The van der Waals surface area contributed by atoms with Gasteiger partial charge in [-0.05, 0) is 41.3 Å². The van der Waals surface area contributed by atoms with Gasteiger partial charge in [-0.3, -0.25) is 0 Å². The fourth-order valence-electron chi connectivity index (χ4n) is 2.34. The number of aryl methyl sites for hydroxylation is 1. The van der Waals surface area contributed by atoms with Crippen LogP contribution in [0.1, 0.15) is 16.7 Å². The summed E-state index contributed by atoms with van der Waals surface area (Å²) < 4.78 is 10.7. The number of hydrogen-bond acceptors (Lipinski definition) is 3. The molecule has 0 atom stereocenters. The molecular formula is C19H22O3. The highest BCUT2D eigenvalue weighted by atomic mass is 16.5. The first-order valence-corrected chi connectivity index (χ1v) is 7.35. The SMILES string of the molecule is COc1cccc(/C(=C\COCCO)c2ccccc2C)c1. The fourth-order valence-corrected chi connectivity index (χ4v) is 2.34. The second kappa shape index (κ2) is 8.37. The van der Waals surface area contributed by atoms with E-state index in [-0.39, 0.29) is 6.61 Å². The molecule has 0 fully saturated rings. The first-order chi connectivity index (χ1) is 10.8. The predicted molar refractivity (Wildman–Crippen MR) is 89.2 cm³/mol. The highest BCUT2D eigenvalue weighted by Crippen LogP contribution is 2.28. The Hall–Kier alpha value is -2.10. The molecule has 0 saturated carbocycles. The van der Waals surface area contributed by atoms with Gasteiger partial charge in [0.1, 0.15) is 5.75 Å². The molecule has 0 heterocycles. The van der Waals surface area contributed by atoms with Gasteiger partial charge in [-0.1, -0.05) is 42.5 Å². The molecule has 0 saturated heterocycles. The van der Waals surface area contributed by atoms with Gasteiger partial charge in [0.05, 0.1) is 26.9 Å². The molecule has 3 heteroatoms. The highest BCUT2D eigenvalue weighted by molar-refractivity contribution is 5.81. The smallest absolute Gasteiger partial charge is 0.119 e. The van der Waals surface area contributed by atoms with E-state index in [4.69, 9.17) is 14.6 Å². The molecule has 1 N–H and O–H groups in total. The van der Waals surface area contributed by atoms with Crippen molar-refractivity contribution in [2.45, 2.75) is 6.92 Å². The largest absolute Gasteiger partial charge is 0.497 e. The molecule has 2 rings (SSSR count). The summed E-state index contributed by atoms with van der Waals surface area (Å²) in [7, 11) is 1.67. The zero-order chi connectivity index (χ0) is 15.8. The van der Waals surface area contributed by atoms with E-state index in [1.807, 2.05) is 36.4 Å². The molecule has 0 spiro atoms. The molecule has 2 aromatic carbocycles. The molecule has 0 radical (unpaired) electrons. The topological polar surface area (TPSA) is 38.7 Å². The number of ether oxygens (including phenoxy) is 2. The third-order valence-corrected chi connectivity index (χ3v) is 3.46. The molecule has 0 aromatic heterocycles. The summed E-state index contributed by atoms with van der Waals surface area (Å²) in [5, 5.41) is 8.82. The van der Waals surface area contributed by atoms with E-state index in [1.165, 1.54) is 11.1 Å². The van der Waals surface area contributed by atoms with Crippen molar-refractivity contribution in [2.24, 2.45) is 0 Å². The van der Waals surface area contributed by atoms with Gasteiger partial charge in [0.25, 0.3) is 0 Å². The first-order valence-electron chi connectivity index (χ1n) is 7.35. The quantitative estimate of drug-likeness (QED) is 0.796. The van der Waals surface area contributed by atoms with Crippen LogP contribution >= 0.6 is 0 Å². The van der Waals surface area contributed by atoms with E-state index in [0.717, 1.165) is 16.9 Å². The second-order valence-electron chi connectivity index (χ2n) is 4.96. The van der Waals surface area contributed by atoms with Crippen molar-refractivity contribution in [1.82, 2.24) is 0 Å². The van der Waals surface area contributed by atoms with Gasteiger partial charge in [0, 0.05) is 0 Å². The normalized spacial score (nSPS) is 11.5. The van der Waals surface area contributed by atoms with Crippen molar-refractivity contribution >= 4 is 5.57 Å². The molecule has 3 nitrogen and oxygen atoms in total. The summed E-state index contributed by atoms with van der Waals surface area (Å²) in [5.74, 6) is 0.827. The number of aliphatic hydroxyl groups is 1. The number of methoxy groups -OCH3 is 1. The van der Waals surface area contributed by atoms with E-state index in [1.54, 1.807) is 7.11 Å². The van der Waals surface area contributed by atoms with Crippen molar-refractivity contribution in [1.29, 1.82) is 0 Å². The van der Waals surface area contributed by atoms with Gasteiger partial charge >= 0.3 is 0 Å². The standard InChI is InChI=1S/C19H22O3/c1-15-6-3-4-9-18(15)19(10-12-22-13-11-20)16-7-5-8-17(14-16)21-2/h3-10,14,20H,11-13H2,1-2H3/b19-10+. The lowest BCUT2D eigenvalue weighted by molar-refractivity contribution is 0.112. The molecule has 0 aliphatic heterocycles. The van der Waals surface area contributed by atoms with Crippen molar-refractivity contribution in [2.75, 3.05) is 26.9 Å². The van der Waals surface area contributed by atoms with Crippen molar-refractivity contribution in [3.05, 3.63) is 71.3 Å². The first kappa shape index (κ1) is 16.3. The zero-order valence-electron chi connectivity index (χ0n) is 13.1. The molecule has 0 amide bonds. The van der Waals surface area contributed by atoms with Gasteiger partial charge in [0.2, 0.25) is 0 Å². The molecular weight excluding hydrogens is 276 g/mol. The summed E-state index contributed by atoms with van der Waals surface area (Å²) in [6.07, 6.45) is 2.05. The molecule has 116 valence electrons. The van der Waals surface area contributed by atoms with Crippen molar-refractivity contribution < 1.29 is 14.6 Å². The Morgan fingerprint density at radius 3 is 2.68 bits per heavy atom. The van der Waals surface area contributed by atoms with E-state index in [9.17, 15) is 0 Å². The van der Waals surface area contributed by atoms with E-state index in [0.29, 0.717) is 13.2 Å². The van der Waals surface area contributed by atoms with Gasteiger partial charge in [-0.2, -0.15) is 0 Å². The molecule has 0 aliphatic carbocycles. The molecule has 0 aliphatic rings. The highest BCUT2D eigenvalue weighted by Gasteiger charge is 2.08. The third-order valence-electron chi connectivity index (χ3n) is 3.46. The fraction of sp³-hybridized carbons (Fsp3) is 0.263. The van der Waals surface area contributed by atoms with Crippen LogP contribution in [0.3, 0.4) is 0 Å². The maximum Gasteiger partial charge on any atom is 0.119 e. The van der Waals surface area contributed by atoms with Crippen LogP contribution < -0.4 is 4.74 Å². The number of rotatable bonds is 7. The van der Waals surface area contributed by atoms with Crippen LogP contribution in [-0.4, -0.2) is 32.0 Å². The number of aliphatic hydroxyl groups excluding tert-OH is 1. The van der Waals surface area contributed by atoms with Gasteiger partial charge in [-0.15, -0.1) is 0 Å². The van der Waals surface area contributed by atoms with Crippen LogP contribution in [0.25, 0.3) is 5.57 Å². The average Bonchev–Trinajstić information content (AvgIpc) is 2.56. The zero-order valence-corrected chi connectivity index (χ0v) is 13.1. The van der Waals surface area contributed by atoms with E-state index >= 15 is 0 Å². The number of benzene rings is 2. The molecule has 2 aromatic rings. The summed E-state index contributed by atoms with van der Waals surface area (Å²) >= 11 is 0. The van der Waals surface area contributed by atoms with Crippen LogP contribution in [0.15, 0.2) is 54.6 Å². The van der Waals surface area contributed by atoms with E-state index in [2.05, 4.69) is 25.1 Å². The minimum absolute atomic E-state index is 0.0344. The average molecular weight is 298 g/mol. The lowest BCUT2D eigenvalue weighted by atomic mass is 9.94. The van der Waals surface area contributed by atoms with Crippen LogP contribution in [-0.2, 0) is 4.74 Å².